The van der Waals surface area contributed by atoms with Crippen LogP contribution in [0, 0.1) is 26.0 Å². The molecule has 1 aromatic carbocycles. The molecule has 0 saturated carbocycles. The van der Waals surface area contributed by atoms with Crippen molar-refractivity contribution in [2.45, 2.75) is 18.9 Å². The average Bonchev–Trinajstić information content (AvgIpc) is 2.26. The van der Waals surface area contributed by atoms with Crippen LogP contribution in [0.2, 0.25) is 0 Å². The molecule has 0 heterocycles. The zero-order chi connectivity index (χ0) is 13.0. The number of rotatable bonds is 5. The molecular formula is C10H11FN2O4. The largest absolute Gasteiger partial charge is 0.265 e. The van der Waals surface area contributed by atoms with Crippen molar-refractivity contribution in [1.82, 2.24) is 0 Å². The molecule has 0 aromatic heterocycles. The van der Waals surface area contributed by atoms with Crippen molar-refractivity contribution < 1.29 is 14.2 Å². The second-order valence-corrected chi connectivity index (χ2v) is 3.70. The highest BCUT2D eigenvalue weighted by molar-refractivity contribution is 5.21. The van der Waals surface area contributed by atoms with Gasteiger partial charge in [-0.15, -0.1) is 0 Å². The molecule has 0 aliphatic heterocycles. The summed E-state index contributed by atoms with van der Waals surface area (Å²) in [5.74, 6) is -1.34. The van der Waals surface area contributed by atoms with E-state index in [1.54, 1.807) is 0 Å². The molecule has 0 amide bonds. The standard InChI is InChI=1S/C10H11FN2O4/c1-7(13(16)17)10(6-12(14)15)8-2-4-9(11)5-3-8/h2-5,7,10H,6H2,1H3/t7-,10-/m1/s1. The fraction of sp³-hybridized carbons (Fsp3) is 0.400. The average molecular weight is 242 g/mol. The van der Waals surface area contributed by atoms with Gasteiger partial charge in [0.2, 0.25) is 12.6 Å². The van der Waals surface area contributed by atoms with Crippen molar-refractivity contribution in [2.75, 3.05) is 6.54 Å². The first kappa shape index (κ1) is 13.0. The number of nitro groups is 2. The lowest BCUT2D eigenvalue weighted by molar-refractivity contribution is -0.543. The lowest BCUT2D eigenvalue weighted by atomic mass is 9.93. The van der Waals surface area contributed by atoms with Crippen molar-refractivity contribution in [1.29, 1.82) is 0 Å². The molecule has 0 radical (unpaired) electrons. The molecule has 0 aliphatic carbocycles. The summed E-state index contributed by atoms with van der Waals surface area (Å²) < 4.78 is 12.7. The van der Waals surface area contributed by atoms with Crippen molar-refractivity contribution >= 4 is 0 Å². The third kappa shape index (κ3) is 3.47. The number of hydrogen-bond donors (Lipinski definition) is 0. The van der Waals surface area contributed by atoms with E-state index in [4.69, 9.17) is 0 Å². The Hall–Kier alpha value is -2.05. The maximum Gasteiger partial charge on any atom is 0.223 e. The van der Waals surface area contributed by atoms with Crippen LogP contribution >= 0.6 is 0 Å². The summed E-state index contributed by atoms with van der Waals surface area (Å²) in [4.78, 5) is 20.0. The first-order valence-corrected chi connectivity index (χ1v) is 4.92. The molecule has 6 nitrogen and oxygen atoms in total. The van der Waals surface area contributed by atoms with Gasteiger partial charge in [-0.3, -0.25) is 20.2 Å². The molecule has 0 N–H and O–H groups in total. The molecule has 92 valence electrons. The summed E-state index contributed by atoms with van der Waals surface area (Å²) in [6.45, 7) is 0.755. The molecule has 0 unspecified atom stereocenters. The number of hydrogen-bond acceptors (Lipinski definition) is 4. The van der Waals surface area contributed by atoms with Gasteiger partial charge in [0.15, 0.2) is 0 Å². The van der Waals surface area contributed by atoms with Crippen LogP contribution in [-0.2, 0) is 0 Å². The quantitative estimate of drug-likeness (QED) is 0.582. The van der Waals surface area contributed by atoms with Crippen molar-refractivity contribution in [3.05, 3.63) is 55.9 Å². The second kappa shape index (κ2) is 5.33. The molecule has 1 aromatic rings. The molecule has 7 heteroatoms. The van der Waals surface area contributed by atoms with Crippen LogP contribution in [0.3, 0.4) is 0 Å². The highest BCUT2D eigenvalue weighted by Crippen LogP contribution is 2.22. The van der Waals surface area contributed by atoms with Crippen LogP contribution in [0.15, 0.2) is 24.3 Å². The SMILES string of the molecule is C[C@H]([C@@H](C[N+](=O)[O-])c1ccc(F)cc1)[N+](=O)[O-]. The van der Waals surface area contributed by atoms with Gasteiger partial charge < -0.3 is 0 Å². The van der Waals surface area contributed by atoms with Crippen LogP contribution in [0.5, 0.6) is 0 Å². The predicted molar refractivity (Wildman–Crippen MR) is 57.5 cm³/mol. The van der Waals surface area contributed by atoms with E-state index in [0.29, 0.717) is 5.56 Å². The van der Waals surface area contributed by atoms with Crippen LogP contribution in [0.4, 0.5) is 4.39 Å². The first-order valence-electron chi connectivity index (χ1n) is 4.92. The zero-order valence-corrected chi connectivity index (χ0v) is 9.08. The van der Waals surface area contributed by atoms with Gasteiger partial charge in [0.25, 0.3) is 0 Å². The van der Waals surface area contributed by atoms with E-state index in [1.807, 2.05) is 0 Å². The highest BCUT2D eigenvalue weighted by atomic mass is 19.1. The van der Waals surface area contributed by atoms with Gasteiger partial charge in [-0.2, -0.15) is 0 Å². The molecule has 0 spiro atoms. The van der Waals surface area contributed by atoms with E-state index in [0.717, 1.165) is 12.1 Å². The topological polar surface area (TPSA) is 86.3 Å². The molecule has 2 atom stereocenters. The fourth-order valence-electron chi connectivity index (χ4n) is 1.55. The molecular weight excluding hydrogens is 231 g/mol. The molecule has 17 heavy (non-hydrogen) atoms. The van der Waals surface area contributed by atoms with Crippen LogP contribution in [-0.4, -0.2) is 22.4 Å². The maximum absolute atomic E-state index is 12.7. The summed E-state index contributed by atoms with van der Waals surface area (Å²) >= 11 is 0. The Morgan fingerprint density at radius 1 is 1.24 bits per heavy atom. The smallest absolute Gasteiger partial charge is 0.223 e. The Labute approximate surface area is 96.4 Å². The minimum Gasteiger partial charge on any atom is -0.265 e. The normalized spacial score (nSPS) is 14.0. The number of nitrogens with zero attached hydrogens (tertiary/aromatic N) is 2. The van der Waals surface area contributed by atoms with Crippen molar-refractivity contribution in [3.8, 4) is 0 Å². The summed E-state index contributed by atoms with van der Waals surface area (Å²) in [6.07, 6.45) is 0. The van der Waals surface area contributed by atoms with E-state index >= 15 is 0 Å². The molecule has 0 saturated heterocycles. The lowest BCUT2D eigenvalue weighted by Gasteiger charge is -2.14. The van der Waals surface area contributed by atoms with E-state index < -0.39 is 34.2 Å². The van der Waals surface area contributed by atoms with Gasteiger partial charge >= 0.3 is 0 Å². The summed E-state index contributed by atoms with van der Waals surface area (Å²) in [5, 5.41) is 21.2. The Kier molecular flexibility index (Phi) is 4.08. The summed E-state index contributed by atoms with van der Waals surface area (Å²) in [6, 6.07) is 3.85. The highest BCUT2D eigenvalue weighted by Gasteiger charge is 2.32. The molecule has 0 fully saturated rings. The van der Waals surface area contributed by atoms with Gasteiger partial charge in [0.05, 0.1) is 0 Å². The molecule has 0 aliphatic rings. The van der Waals surface area contributed by atoms with Gasteiger partial charge in [0.1, 0.15) is 11.7 Å². The summed E-state index contributed by atoms with van der Waals surface area (Å²) in [5.41, 5.74) is 0.396. The fourth-order valence-corrected chi connectivity index (χ4v) is 1.55. The van der Waals surface area contributed by atoms with Gasteiger partial charge in [-0.25, -0.2) is 4.39 Å². The first-order chi connectivity index (χ1) is 7.91. The van der Waals surface area contributed by atoms with Crippen LogP contribution in [0.25, 0.3) is 0 Å². The van der Waals surface area contributed by atoms with E-state index in [-0.39, 0.29) is 0 Å². The van der Waals surface area contributed by atoms with E-state index in [2.05, 4.69) is 0 Å². The Balaban J connectivity index is 3.01. The zero-order valence-electron chi connectivity index (χ0n) is 9.08. The molecule has 0 bridgehead atoms. The van der Waals surface area contributed by atoms with Gasteiger partial charge in [-0.05, 0) is 17.7 Å². The number of halogens is 1. The Morgan fingerprint density at radius 3 is 2.18 bits per heavy atom. The summed E-state index contributed by atoms with van der Waals surface area (Å²) in [7, 11) is 0. The Morgan fingerprint density at radius 2 is 1.76 bits per heavy atom. The van der Waals surface area contributed by atoms with Crippen molar-refractivity contribution in [2.24, 2.45) is 0 Å². The van der Waals surface area contributed by atoms with Gasteiger partial charge in [-0.1, -0.05) is 12.1 Å². The second-order valence-electron chi connectivity index (χ2n) is 3.70. The van der Waals surface area contributed by atoms with Crippen LogP contribution < -0.4 is 0 Å². The third-order valence-corrected chi connectivity index (χ3v) is 2.56. The van der Waals surface area contributed by atoms with Crippen molar-refractivity contribution in [3.63, 3.8) is 0 Å². The van der Waals surface area contributed by atoms with Gasteiger partial charge in [0, 0.05) is 16.8 Å². The minimum absolute atomic E-state index is 0.396. The monoisotopic (exact) mass is 242 g/mol. The minimum atomic E-state index is -1.09. The van der Waals surface area contributed by atoms with Crippen LogP contribution in [0.1, 0.15) is 18.4 Å². The van der Waals surface area contributed by atoms with E-state index in [9.17, 15) is 24.6 Å². The lowest BCUT2D eigenvalue weighted by Crippen LogP contribution is -2.29. The Bertz CT molecular complexity index is 421. The molecule has 1 rings (SSSR count). The third-order valence-electron chi connectivity index (χ3n) is 2.56. The van der Waals surface area contributed by atoms with E-state index in [1.165, 1.54) is 19.1 Å². The predicted octanol–water partition coefficient (Wildman–Crippen LogP) is 1.85. The number of benzene rings is 1. The maximum atomic E-state index is 12.7.